The Balaban J connectivity index is 1.92. The molecule has 0 aliphatic rings. The zero-order chi connectivity index (χ0) is 16.7. The Kier molecular flexibility index (Phi) is 5.88. The van der Waals surface area contributed by atoms with E-state index in [0.717, 1.165) is 11.1 Å². The number of carbonyl (C=O) groups excluding carboxylic acids is 2. The summed E-state index contributed by atoms with van der Waals surface area (Å²) >= 11 is 0. The highest BCUT2D eigenvalue weighted by Crippen LogP contribution is 2.19. The predicted molar refractivity (Wildman–Crippen MR) is 88.9 cm³/mol. The molecule has 0 aromatic heterocycles. The Bertz CT molecular complexity index is 654. The van der Waals surface area contributed by atoms with Crippen molar-refractivity contribution in [2.45, 2.75) is 13.0 Å². The Labute approximate surface area is 135 Å². The molecule has 5 nitrogen and oxygen atoms in total. The maximum Gasteiger partial charge on any atom is 0.251 e. The normalized spacial score (nSPS) is 11.6. The van der Waals surface area contributed by atoms with Crippen LogP contribution in [0.1, 0.15) is 17.3 Å². The van der Waals surface area contributed by atoms with E-state index in [-0.39, 0.29) is 31.0 Å². The number of carbonyl (C=O) groups is 2. The SMILES string of the molecule is CC(CO)NC(=O)CNC(=O)c1ccc(-c2ccccc2)cc1. The molecule has 0 aliphatic carbocycles. The number of amides is 2. The molecule has 0 spiro atoms. The molecule has 2 rings (SSSR count). The molecule has 23 heavy (non-hydrogen) atoms. The van der Waals surface area contributed by atoms with E-state index in [9.17, 15) is 9.59 Å². The first kappa shape index (κ1) is 16.7. The second-order valence-electron chi connectivity index (χ2n) is 5.28. The van der Waals surface area contributed by atoms with Crippen molar-refractivity contribution in [3.8, 4) is 11.1 Å². The summed E-state index contributed by atoms with van der Waals surface area (Å²) in [5.74, 6) is -0.641. The van der Waals surface area contributed by atoms with Crippen molar-refractivity contribution >= 4 is 11.8 Å². The number of hydrogen-bond acceptors (Lipinski definition) is 3. The Morgan fingerprint density at radius 2 is 1.61 bits per heavy atom. The van der Waals surface area contributed by atoms with E-state index in [0.29, 0.717) is 5.56 Å². The van der Waals surface area contributed by atoms with Crippen molar-refractivity contribution in [2.75, 3.05) is 13.2 Å². The van der Waals surface area contributed by atoms with E-state index in [1.165, 1.54) is 0 Å². The summed E-state index contributed by atoms with van der Waals surface area (Å²) in [4.78, 5) is 23.6. The summed E-state index contributed by atoms with van der Waals surface area (Å²) in [6.07, 6.45) is 0. The number of aliphatic hydroxyl groups is 1. The van der Waals surface area contributed by atoms with Crippen LogP contribution in [0.4, 0.5) is 0 Å². The Morgan fingerprint density at radius 3 is 2.22 bits per heavy atom. The summed E-state index contributed by atoms with van der Waals surface area (Å²) in [5, 5.41) is 14.0. The van der Waals surface area contributed by atoms with Crippen LogP contribution in [0.2, 0.25) is 0 Å². The first-order valence-corrected chi connectivity index (χ1v) is 7.44. The lowest BCUT2D eigenvalue weighted by Gasteiger charge is -2.11. The molecule has 3 N–H and O–H groups in total. The zero-order valence-electron chi connectivity index (χ0n) is 13.0. The largest absolute Gasteiger partial charge is 0.394 e. The van der Waals surface area contributed by atoms with Crippen LogP contribution in [0.3, 0.4) is 0 Å². The zero-order valence-corrected chi connectivity index (χ0v) is 13.0. The average molecular weight is 312 g/mol. The molecule has 120 valence electrons. The molecule has 1 atom stereocenters. The maximum atomic E-state index is 12.0. The van der Waals surface area contributed by atoms with Gasteiger partial charge in [0.1, 0.15) is 0 Å². The quantitative estimate of drug-likeness (QED) is 0.758. The summed E-state index contributed by atoms with van der Waals surface area (Å²) in [7, 11) is 0. The smallest absolute Gasteiger partial charge is 0.251 e. The van der Waals surface area contributed by atoms with Gasteiger partial charge in [-0.3, -0.25) is 9.59 Å². The van der Waals surface area contributed by atoms with Crippen LogP contribution in [0.25, 0.3) is 11.1 Å². The topological polar surface area (TPSA) is 78.4 Å². The van der Waals surface area contributed by atoms with Gasteiger partial charge in [0.25, 0.3) is 5.91 Å². The number of aliphatic hydroxyl groups excluding tert-OH is 1. The average Bonchev–Trinajstić information content (AvgIpc) is 2.60. The molecule has 0 saturated heterocycles. The molecule has 2 amide bonds. The highest BCUT2D eigenvalue weighted by Gasteiger charge is 2.10. The van der Waals surface area contributed by atoms with Crippen LogP contribution in [-0.2, 0) is 4.79 Å². The van der Waals surface area contributed by atoms with Crippen molar-refractivity contribution in [1.82, 2.24) is 10.6 Å². The third-order valence-electron chi connectivity index (χ3n) is 3.34. The second kappa shape index (κ2) is 8.10. The van der Waals surface area contributed by atoms with Gasteiger partial charge in [-0.05, 0) is 30.2 Å². The first-order valence-electron chi connectivity index (χ1n) is 7.44. The van der Waals surface area contributed by atoms with Gasteiger partial charge in [-0.1, -0.05) is 42.5 Å². The Morgan fingerprint density at radius 1 is 1.00 bits per heavy atom. The molecule has 0 aliphatic heterocycles. The molecule has 0 heterocycles. The minimum Gasteiger partial charge on any atom is -0.394 e. The van der Waals surface area contributed by atoms with Gasteiger partial charge in [0.15, 0.2) is 0 Å². The highest BCUT2D eigenvalue weighted by molar-refractivity contribution is 5.96. The summed E-state index contributed by atoms with van der Waals surface area (Å²) in [6.45, 7) is 1.42. The van der Waals surface area contributed by atoms with Gasteiger partial charge < -0.3 is 15.7 Å². The van der Waals surface area contributed by atoms with Crippen LogP contribution in [0.5, 0.6) is 0 Å². The fraction of sp³-hybridized carbons (Fsp3) is 0.222. The van der Waals surface area contributed by atoms with Gasteiger partial charge in [0, 0.05) is 11.6 Å². The monoisotopic (exact) mass is 312 g/mol. The molecule has 0 radical (unpaired) electrons. The molecule has 0 saturated carbocycles. The van der Waals surface area contributed by atoms with Crippen molar-refractivity contribution in [2.24, 2.45) is 0 Å². The fourth-order valence-corrected chi connectivity index (χ4v) is 2.08. The summed E-state index contributed by atoms with van der Waals surface area (Å²) in [6, 6.07) is 16.7. The number of rotatable bonds is 6. The molecule has 2 aromatic rings. The summed E-state index contributed by atoms with van der Waals surface area (Å²) in [5.41, 5.74) is 2.60. The van der Waals surface area contributed by atoms with E-state index in [1.54, 1.807) is 19.1 Å². The maximum absolute atomic E-state index is 12.0. The van der Waals surface area contributed by atoms with Crippen molar-refractivity contribution in [3.05, 3.63) is 60.2 Å². The third-order valence-corrected chi connectivity index (χ3v) is 3.34. The minimum absolute atomic E-state index is 0.121. The Hall–Kier alpha value is -2.66. The van der Waals surface area contributed by atoms with Gasteiger partial charge in [0.05, 0.1) is 13.2 Å². The molecule has 0 bridgehead atoms. The van der Waals surface area contributed by atoms with Crippen molar-refractivity contribution < 1.29 is 14.7 Å². The van der Waals surface area contributed by atoms with Gasteiger partial charge in [-0.15, -0.1) is 0 Å². The fourth-order valence-electron chi connectivity index (χ4n) is 2.08. The van der Waals surface area contributed by atoms with Gasteiger partial charge in [-0.2, -0.15) is 0 Å². The van der Waals surface area contributed by atoms with Crippen molar-refractivity contribution in [3.63, 3.8) is 0 Å². The lowest BCUT2D eigenvalue weighted by molar-refractivity contribution is -0.121. The third kappa shape index (κ3) is 4.93. The van der Waals surface area contributed by atoms with Crippen LogP contribution in [0.15, 0.2) is 54.6 Å². The molecule has 0 fully saturated rings. The van der Waals surface area contributed by atoms with E-state index >= 15 is 0 Å². The molecular weight excluding hydrogens is 292 g/mol. The van der Waals surface area contributed by atoms with Gasteiger partial charge >= 0.3 is 0 Å². The second-order valence-corrected chi connectivity index (χ2v) is 5.28. The number of nitrogens with one attached hydrogen (secondary N) is 2. The highest BCUT2D eigenvalue weighted by atomic mass is 16.3. The standard InChI is InChI=1S/C18H20N2O3/c1-13(12-21)20-17(22)11-19-18(23)16-9-7-15(8-10-16)14-5-3-2-4-6-14/h2-10,13,21H,11-12H2,1H3,(H,19,23)(H,20,22). The van der Waals surface area contributed by atoms with E-state index in [4.69, 9.17) is 5.11 Å². The molecule has 5 heteroatoms. The van der Waals surface area contributed by atoms with Crippen molar-refractivity contribution in [1.29, 1.82) is 0 Å². The van der Waals surface area contributed by atoms with Gasteiger partial charge in [0.2, 0.25) is 5.91 Å². The van der Waals surface area contributed by atoms with Crippen LogP contribution >= 0.6 is 0 Å². The molecule has 2 aromatic carbocycles. The lowest BCUT2D eigenvalue weighted by atomic mass is 10.0. The lowest BCUT2D eigenvalue weighted by Crippen LogP contribution is -2.42. The predicted octanol–water partition coefficient (Wildman–Crippen LogP) is 1.58. The van der Waals surface area contributed by atoms with Crippen LogP contribution in [0, 0.1) is 0 Å². The number of benzene rings is 2. The summed E-state index contributed by atoms with van der Waals surface area (Å²) < 4.78 is 0. The molecule has 1 unspecified atom stereocenters. The van der Waals surface area contributed by atoms with Gasteiger partial charge in [-0.25, -0.2) is 0 Å². The van der Waals surface area contributed by atoms with E-state index < -0.39 is 0 Å². The molecular formula is C18H20N2O3. The van der Waals surface area contributed by atoms with E-state index in [1.807, 2.05) is 42.5 Å². The first-order chi connectivity index (χ1) is 11.1. The number of hydrogen-bond donors (Lipinski definition) is 3. The van der Waals surface area contributed by atoms with Crippen LogP contribution in [-0.4, -0.2) is 36.1 Å². The van der Waals surface area contributed by atoms with Crippen LogP contribution < -0.4 is 10.6 Å². The van der Waals surface area contributed by atoms with E-state index in [2.05, 4.69) is 10.6 Å². The minimum atomic E-state index is -0.333.